The Hall–Kier alpha value is -1.71. The molecule has 2 aromatic heterocycles. The molecule has 0 saturated heterocycles. The molecular weight excluding hydrogens is 292 g/mol. The molecule has 0 saturated carbocycles. The van der Waals surface area contributed by atoms with Crippen LogP contribution in [0, 0.1) is 0 Å². The molecule has 0 aliphatic heterocycles. The van der Waals surface area contributed by atoms with Gasteiger partial charge in [-0.1, -0.05) is 0 Å². The second-order valence-corrected chi connectivity index (χ2v) is 5.14. The highest BCUT2D eigenvalue weighted by atomic mass is 32.2. The minimum absolute atomic E-state index is 0.223. The van der Waals surface area contributed by atoms with Crippen molar-refractivity contribution in [1.29, 1.82) is 0 Å². The van der Waals surface area contributed by atoms with Crippen molar-refractivity contribution >= 4 is 11.8 Å². The summed E-state index contributed by atoms with van der Waals surface area (Å²) in [6.45, 7) is 4.58. The highest BCUT2D eigenvalue weighted by Gasteiger charge is 2.10. The zero-order valence-corrected chi connectivity index (χ0v) is 12.8. The fourth-order valence-electron chi connectivity index (χ4n) is 1.64. The van der Waals surface area contributed by atoms with Crippen LogP contribution in [0.4, 0.5) is 0 Å². The summed E-state index contributed by atoms with van der Waals surface area (Å²) in [5.74, 6) is 0. The standard InChI is InChI=1S/C12H18N6O2S/c1-3-18-11(19)16-17-12(18)21-10-14-7-9(8-15-10)6-13-4-5-20-2/h7-8,13H,3-6H2,1-2H3,(H,16,19). The minimum atomic E-state index is -0.223. The van der Waals surface area contributed by atoms with E-state index in [1.54, 1.807) is 19.5 Å². The van der Waals surface area contributed by atoms with Gasteiger partial charge in [-0.2, -0.15) is 0 Å². The van der Waals surface area contributed by atoms with Crippen molar-refractivity contribution in [3.63, 3.8) is 0 Å². The molecule has 0 bridgehead atoms. The van der Waals surface area contributed by atoms with E-state index in [0.717, 1.165) is 12.1 Å². The average molecular weight is 310 g/mol. The Morgan fingerprint density at radius 2 is 2.19 bits per heavy atom. The van der Waals surface area contributed by atoms with Crippen LogP contribution in [0.2, 0.25) is 0 Å². The van der Waals surface area contributed by atoms with Crippen LogP contribution < -0.4 is 11.0 Å². The van der Waals surface area contributed by atoms with Crippen molar-refractivity contribution in [1.82, 2.24) is 30.0 Å². The quantitative estimate of drug-likeness (QED) is 0.533. The molecule has 8 nitrogen and oxygen atoms in total. The molecule has 0 fully saturated rings. The van der Waals surface area contributed by atoms with Crippen LogP contribution in [0.25, 0.3) is 0 Å². The second kappa shape index (κ2) is 7.91. The van der Waals surface area contributed by atoms with E-state index in [-0.39, 0.29) is 5.69 Å². The highest BCUT2D eigenvalue weighted by molar-refractivity contribution is 7.99. The van der Waals surface area contributed by atoms with Crippen LogP contribution in [-0.2, 0) is 17.8 Å². The number of rotatable bonds is 8. The van der Waals surface area contributed by atoms with Crippen LogP contribution >= 0.6 is 11.8 Å². The molecule has 0 atom stereocenters. The van der Waals surface area contributed by atoms with E-state index >= 15 is 0 Å². The van der Waals surface area contributed by atoms with Gasteiger partial charge < -0.3 is 10.1 Å². The summed E-state index contributed by atoms with van der Waals surface area (Å²) in [6, 6.07) is 0. The molecule has 0 aromatic carbocycles. The molecule has 2 heterocycles. The summed E-state index contributed by atoms with van der Waals surface area (Å²) >= 11 is 1.26. The molecule has 0 unspecified atom stereocenters. The van der Waals surface area contributed by atoms with Crippen molar-refractivity contribution in [3.05, 3.63) is 28.4 Å². The lowest BCUT2D eigenvalue weighted by atomic mass is 10.3. The first-order chi connectivity index (χ1) is 10.2. The summed E-state index contributed by atoms with van der Waals surface area (Å²) in [7, 11) is 1.67. The van der Waals surface area contributed by atoms with Crippen molar-refractivity contribution in [2.75, 3.05) is 20.3 Å². The fraction of sp³-hybridized carbons (Fsp3) is 0.500. The Balaban J connectivity index is 1.94. The Morgan fingerprint density at radius 3 is 2.86 bits per heavy atom. The predicted octanol–water partition coefficient (Wildman–Crippen LogP) is 0.268. The monoisotopic (exact) mass is 310 g/mol. The third-order valence-corrected chi connectivity index (χ3v) is 3.60. The van der Waals surface area contributed by atoms with Gasteiger partial charge in [0.1, 0.15) is 0 Å². The van der Waals surface area contributed by atoms with E-state index in [1.165, 1.54) is 16.3 Å². The lowest BCUT2D eigenvalue weighted by Crippen LogP contribution is -2.18. The molecule has 2 N–H and O–H groups in total. The van der Waals surface area contributed by atoms with Crippen LogP contribution in [0.15, 0.2) is 27.5 Å². The molecule has 114 valence electrons. The first-order valence-electron chi connectivity index (χ1n) is 6.58. The van der Waals surface area contributed by atoms with Gasteiger partial charge in [-0.3, -0.25) is 4.57 Å². The maximum absolute atomic E-state index is 11.5. The maximum atomic E-state index is 11.5. The lowest BCUT2D eigenvalue weighted by molar-refractivity contribution is 0.199. The summed E-state index contributed by atoms with van der Waals surface area (Å²) in [4.78, 5) is 20.0. The first kappa shape index (κ1) is 15.7. The molecular formula is C12H18N6O2S. The smallest absolute Gasteiger partial charge is 0.343 e. The van der Waals surface area contributed by atoms with Gasteiger partial charge in [-0.15, -0.1) is 5.10 Å². The molecule has 0 aliphatic carbocycles. The van der Waals surface area contributed by atoms with Crippen molar-refractivity contribution in [2.24, 2.45) is 0 Å². The summed E-state index contributed by atoms with van der Waals surface area (Å²) < 4.78 is 6.49. The van der Waals surface area contributed by atoms with Crippen molar-refractivity contribution in [3.8, 4) is 0 Å². The second-order valence-electron chi connectivity index (χ2n) is 4.20. The first-order valence-corrected chi connectivity index (χ1v) is 7.40. The summed E-state index contributed by atoms with van der Waals surface area (Å²) in [5, 5.41) is 10.7. The predicted molar refractivity (Wildman–Crippen MR) is 78.3 cm³/mol. The lowest BCUT2D eigenvalue weighted by Gasteiger charge is -2.04. The SMILES string of the molecule is CCn1c(Sc2ncc(CNCCOC)cn2)n[nH]c1=O. The summed E-state index contributed by atoms with van der Waals surface area (Å²) in [6.07, 6.45) is 3.52. The van der Waals surface area contributed by atoms with E-state index in [9.17, 15) is 4.79 Å². The fourth-order valence-corrected chi connectivity index (χ4v) is 2.42. The number of nitrogens with one attached hydrogen (secondary N) is 2. The molecule has 0 amide bonds. The minimum Gasteiger partial charge on any atom is -0.383 e. The van der Waals surface area contributed by atoms with Gasteiger partial charge in [0.25, 0.3) is 0 Å². The normalized spacial score (nSPS) is 11.0. The Kier molecular flexibility index (Phi) is 5.90. The van der Waals surface area contributed by atoms with Gasteiger partial charge in [0.15, 0.2) is 10.3 Å². The van der Waals surface area contributed by atoms with Gasteiger partial charge in [-0.25, -0.2) is 19.9 Å². The zero-order valence-electron chi connectivity index (χ0n) is 12.0. The van der Waals surface area contributed by atoms with Crippen LogP contribution in [0.1, 0.15) is 12.5 Å². The van der Waals surface area contributed by atoms with Crippen molar-refractivity contribution in [2.45, 2.75) is 30.3 Å². The third kappa shape index (κ3) is 4.38. The number of hydrogen-bond donors (Lipinski definition) is 2. The molecule has 0 aliphatic rings. The van der Waals surface area contributed by atoms with E-state index < -0.39 is 0 Å². The van der Waals surface area contributed by atoms with Gasteiger partial charge in [0, 0.05) is 44.7 Å². The van der Waals surface area contributed by atoms with Crippen molar-refractivity contribution < 1.29 is 4.74 Å². The van der Waals surface area contributed by atoms with Crippen LogP contribution in [0.3, 0.4) is 0 Å². The molecule has 9 heteroatoms. The van der Waals surface area contributed by atoms with Gasteiger partial charge in [0.05, 0.1) is 6.61 Å². The number of hydrogen-bond acceptors (Lipinski definition) is 7. The molecule has 21 heavy (non-hydrogen) atoms. The number of methoxy groups -OCH3 is 1. The highest BCUT2D eigenvalue weighted by Crippen LogP contribution is 2.20. The Labute approximate surface area is 126 Å². The van der Waals surface area contributed by atoms with E-state index in [0.29, 0.717) is 30.0 Å². The molecule has 2 aromatic rings. The molecule has 0 radical (unpaired) electrons. The number of ether oxygens (including phenoxy) is 1. The van der Waals surface area contributed by atoms with Crippen LogP contribution in [-0.4, -0.2) is 45.0 Å². The van der Waals surface area contributed by atoms with E-state index in [4.69, 9.17) is 4.74 Å². The number of nitrogens with zero attached hydrogens (tertiary/aromatic N) is 4. The Bertz CT molecular complexity index is 609. The maximum Gasteiger partial charge on any atom is 0.343 e. The average Bonchev–Trinajstić information content (AvgIpc) is 2.85. The zero-order chi connectivity index (χ0) is 15.1. The number of aromatic nitrogens is 5. The van der Waals surface area contributed by atoms with E-state index in [2.05, 4.69) is 25.5 Å². The summed E-state index contributed by atoms with van der Waals surface area (Å²) in [5.41, 5.74) is 0.768. The third-order valence-electron chi connectivity index (χ3n) is 2.72. The van der Waals surface area contributed by atoms with Gasteiger partial charge in [0.2, 0.25) is 0 Å². The molecule has 0 spiro atoms. The largest absolute Gasteiger partial charge is 0.383 e. The molecule has 2 rings (SSSR count). The van der Waals surface area contributed by atoms with Gasteiger partial charge >= 0.3 is 5.69 Å². The number of H-pyrrole nitrogens is 1. The number of aromatic amines is 1. The Morgan fingerprint density at radius 1 is 1.43 bits per heavy atom. The van der Waals surface area contributed by atoms with Gasteiger partial charge in [-0.05, 0) is 18.7 Å². The topological polar surface area (TPSA) is 97.7 Å². The van der Waals surface area contributed by atoms with E-state index in [1.807, 2.05) is 6.92 Å². The van der Waals surface area contributed by atoms with Crippen LogP contribution in [0.5, 0.6) is 0 Å².